The Bertz CT molecular complexity index is 1150. The first-order chi connectivity index (χ1) is 16.0. The third kappa shape index (κ3) is 4.53. The first-order valence-electron chi connectivity index (χ1n) is 11.4. The third-order valence-corrected chi connectivity index (χ3v) is 7.29. The Morgan fingerprint density at radius 1 is 1.26 bits per heavy atom. The average molecular weight is 474 g/mol. The minimum Gasteiger partial charge on any atom is -0.369 e. The van der Waals surface area contributed by atoms with Crippen LogP contribution in [0.3, 0.4) is 0 Å². The fourth-order valence-electron chi connectivity index (χ4n) is 5.29. The fraction of sp³-hybridized carbons (Fsp3) is 0.480. The third-order valence-electron chi connectivity index (χ3n) is 7.29. The van der Waals surface area contributed by atoms with Gasteiger partial charge in [0.2, 0.25) is 5.91 Å². The Hall–Kier alpha value is -2.94. The lowest BCUT2D eigenvalue weighted by atomic mass is 9.71. The topological polar surface area (TPSA) is 87.9 Å². The number of aromatic amines is 1. The summed E-state index contributed by atoms with van der Waals surface area (Å²) in [6.45, 7) is 1.99. The number of carbonyl (C=O) groups excluding carboxylic acids is 1. The molecular weight excluding hydrogens is 443 g/mol. The maximum atomic E-state index is 14.3. The normalized spacial score (nSPS) is 18.1. The number of amides is 1. The van der Waals surface area contributed by atoms with Crippen LogP contribution in [0.2, 0.25) is 0 Å². The average Bonchev–Trinajstić information content (AvgIpc) is 3.43. The zero-order valence-corrected chi connectivity index (χ0v) is 19.6. The molecule has 34 heavy (non-hydrogen) atoms. The number of nitrogens with zero attached hydrogens (tertiary/aromatic N) is 3. The van der Waals surface area contributed by atoms with Crippen LogP contribution in [0.4, 0.5) is 13.2 Å². The van der Waals surface area contributed by atoms with Gasteiger partial charge in [0.25, 0.3) is 0 Å². The number of alkyl halides is 3. The van der Waals surface area contributed by atoms with E-state index in [0.29, 0.717) is 12.0 Å². The number of hydrogen-bond donors (Lipinski definition) is 2. The molecule has 0 spiro atoms. The molecule has 1 fully saturated rings. The van der Waals surface area contributed by atoms with Crippen molar-refractivity contribution in [2.75, 3.05) is 14.1 Å². The van der Waals surface area contributed by atoms with Gasteiger partial charge in [-0.1, -0.05) is 12.1 Å². The van der Waals surface area contributed by atoms with Crippen LogP contribution in [-0.4, -0.2) is 52.3 Å². The van der Waals surface area contributed by atoms with Gasteiger partial charge in [-0.15, -0.1) is 0 Å². The van der Waals surface area contributed by atoms with Crippen molar-refractivity contribution in [3.63, 3.8) is 0 Å². The van der Waals surface area contributed by atoms with Gasteiger partial charge in [-0.25, -0.2) is 0 Å². The number of nitrogens with two attached hydrogens (primary N) is 1. The van der Waals surface area contributed by atoms with Crippen LogP contribution < -0.4 is 5.73 Å². The van der Waals surface area contributed by atoms with Crippen LogP contribution in [0.1, 0.15) is 41.9 Å². The largest absolute Gasteiger partial charge is 0.395 e. The van der Waals surface area contributed by atoms with Gasteiger partial charge in [0, 0.05) is 35.7 Å². The van der Waals surface area contributed by atoms with E-state index in [1.165, 1.54) is 12.4 Å². The number of aromatic nitrogens is 3. The van der Waals surface area contributed by atoms with Crippen molar-refractivity contribution >= 4 is 16.8 Å². The molecule has 3 aromatic rings. The number of aryl methyl sites for hydroxylation is 1. The Labute approximate surface area is 196 Å². The lowest BCUT2D eigenvalue weighted by Gasteiger charge is -2.37. The molecule has 2 unspecified atom stereocenters. The van der Waals surface area contributed by atoms with Crippen molar-refractivity contribution in [2.24, 2.45) is 17.1 Å². The van der Waals surface area contributed by atoms with Gasteiger partial charge in [0.05, 0.1) is 17.1 Å². The lowest BCUT2D eigenvalue weighted by Crippen LogP contribution is -2.43. The molecule has 0 saturated heterocycles. The summed E-state index contributed by atoms with van der Waals surface area (Å²) >= 11 is 0. The van der Waals surface area contributed by atoms with Gasteiger partial charge >= 0.3 is 6.18 Å². The molecule has 1 saturated carbocycles. The summed E-state index contributed by atoms with van der Waals surface area (Å²) in [6, 6.07) is 7.12. The first-order valence-corrected chi connectivity index (χ1v) is 11.4. The summed E-state index contributed by atoms with van der Waals surface area (Å²) in [6.07, 6.45) is 1.03. The second-order valence-corrected chi connectivity index (χ2v) is 9.73. The molecule has 2 aromatic heterocycles. The van der Waals surface area contributed by atoms with E-state index >= 15 is 0 Å². The van der Waals surface area contributed by atoms with E-state index < -0.39 is 29.3 Å². The molecule has 6 nitrogen and oxygen atoms in total. The van der Waals surface area contributed by atoms with Crippen molar-refractivity contribution in [1.82, 2.24) is 20.1 Å². The van der Waals surface area contributed by atoms with Gasteiger partial charge in [-0.2, -0.15) is 18.3 Å². The van der Waals surface area contributed by atoms with E-state index in [9.17, 15) is 18.0 Å². The Balaban J connectivity index is 1.69. The van der Waals surface area contributed by atoms with Crippen LogP contribution >= 0.6 is 0 Å². The number of benzene rings is 1. The van der Waals surface area contributed by atoms with Gasteiger partial charge in [-0.05, 0) is 75.5 Å². The van der Waals surface area contributed by atoms with Crippen molar-refractivity contribution in [2.45, 2.75) is 50.7 Å². The molecule has 4 rings (SSSR count). The molecule has 0 radical (unpaired) electrons. The number of nitrogens with one attached hydrogen (secondary N) is 1. The Morgan fingerprint density at radius 2 is 2.00 bits per heavy atom. The molecule has 0 aliphatic heterocycles. The van der Waals surface area contributed by atoms with Crippen LogP contribution in [0, 0.1) is 18.3 Å². The van der Waals surface area contributed by atoms with E-state index in [0.717, 1.165) is 22.0 Å². The molecule has 0 bridgehead atoms. The van der Waals surface area contributed by atoms with E-state index in [1.807, 2.05) is 38.1 Å². The van der Waals surface area contributed by atoms with Gasteiger partial charge in [-0.3, -0.25) is 14.9 Å². The number of rotatable bonds is 9. The highest BCUT2D eigenvalue weighted by Crippen LogP contribution is 2.67. The first kappa shape index (κ1) is 24.2. The minimum absolute atomic E-state index is 0.0111. The minimum atomic E-state index is -4.43. The molecule has 3 N–H and O–H groups in total. The SMILES string of the molecule is Cc1cc(C[C@H](CC(C(N)=O)C(c2cccnc2)C2(C(F)(F)F)CC2)N(C)C)cc2cn[nH]c12. The maximum absolute atomic E-state index is 14.3. The molecule has 182 valence electrons. The standard InChI is InChI=1S/C25H30F3N5O/c1-15-9-16(10-18-14-31-32-22(15)18)11-19(33(2)3)12-20(23(29)34)21(17-5-4-8-30-13-17)24(6-7-24)25(26,27)28/h4-5,8-10,13-14,19-21H,6-7,11-12H2,1-3H3,(H2,29,34)(H,31,32)/t19-,20?,21?/m1/s1. The number of halogens is 3. The predicted molar refractivity (Wildman–Crippen MR) is 124 cm³/mol. The van der Waals surface area contributed by atoms with Gasteiger partial charge in [0.1, 0.15) is 0 Å². The molecule has 9 heteroatoms. The molecule has 1 aliphatic rings. The number of primary amides is 1. The van der Waals surface area contributed by atoms with E-state index in [2.05, 4.69) is 15.2 Å². The summed E-state index contributed by atoms with van der Waals surface area (Å²) in [5, 5.41) is 8.04. The van der Waals surface area contributed by atoms with Crippen LogP contribution in [0.25, 0.3) is 10.9 Å². The summed E-state index contributed by atoms with van der Waals surface area (Å²) in [5.41, 5.74) is 7.30. The van der Waals surface area contributed by atoms with E-state index in [4.69, 9.17) is 5.73 Å². The summed E-state index contributed by atoms with van der Waals surface area (Å²) in [4.78, 5) is 18.7. The molecule has 1 aromatic carbocycles. The number of fused-ring (bicyclic) bond motifs is 1. The molecule has 1 amide bonds. The summed E-state index contributed by atoms with van der Waals surface area (Å²) < 4.78 is 42.8. The van der Waals surface area contributed by atoms with E-state index in [1.54, 1.807) is 18.3 Å². The lowest BCUT2D eigenvalue weighted by molar-refractivity contribution is -0.198. The molecule has 3 atom stereocenters. The number of hydrogen-bond acceptors (Lipinski definition) is 4. The van der Waals surface area contributed by atoms with Crippen LogP contribution in [-0.2, 0) is 11.2 Å². The molecule has 2 heterocycles. The highest BCUT2D eigenvalue weighted by molar-refractivity contribution is 5.82. The number of carbonyl (C=O) groups is 1. The highest BCUT2D eigenvalue weighted by Gasteiger charge is 2.69. The van der Waals surface area contributed by atoms with Crippen molar-refractivity contribution in [3.05, 3.63) is 59.5 Å². The summed E-state index contributed by atoms with van der Waals surface area (Å²) in [7, 11) is 3.75. The zero-order valence-electron chi connectivity index (χ0n) is 19.6. The smallest absolute Gasteiger partial charge is 0.369 e. The number of H-pyrrole nitrogens is 1. The molecule has 1 aliphatic carbocycles. The van der Waals surface area contributed by atoms with Crippen molar-refractivity contribution in [3.8, 4) is 0 Å². The van der Waals surface area contributed by atoms with Crippen LogP contribution in [0.5, 0.6) is 0 Å². The van der Waals surface area contributed by atoms with E-state index in [-0.39, 0.29) is 25.3 Å². The number of pyridine rings is 1. The second-order valence-electron chi connectivity index (χ2n) is 9.73. The highest BCUT2D eigenvalue weighted by atomic mass is 19.4. The maximum Gasteiger partial charge on any atom is 0.395 e. The second kappa shape index (κ2) is 9.02. The quantitative estimate of drug-likeness (QED) is 0.484. The summed E-state index contributed by atoms with van der Waals surface area (Å²) in [5.74, 6) is -2.77. The fourth-order valence-corrected chi connectivity index (χ4v) is 5.29. The van der Waals surface area contributed by atoms with Crippen molar-refractivity contribution < 1.29 is 18.0 Å². The van der Waals surface area contributed by atoms with Gasteiger partial charge in [0.15, 0.2) is 0 Å². The zero-order chi connectivity index (χ0) is 24.7. The number of likely N-dealkylation sites (N-methyl/N-ethyl adjacent to an activating group) is 1. The molecular formula is C25H30F3N5O. The Morgan fingerprint density at radius 3 is 2.56 bits per heavy atom. The monoisotopic (exact) mass is 473 g/mol. The van der Waals surface area contributed by atoms with Crippen LogP contribution in [0.15, 0.2) is 42.9 Å². The predicted octanol–water partition coefficient (Wildman–Crippen LogP) is 4.36. The van der Waals surface area contributed by atoms with Gasteiger partial charge < -0.3 is 10.6 Å². The Kier molecular flexibility index (Phi) is 6.42. The van der Waals surface area contributed by atoms with Crippen molar-refractivity contribution in [1.29, 1.82) is 0 Å².